The molecule has 0 spiro atoms. The van der Waals surface area contributed by atoms with Crippen molar-refractivity contribution >= 4 is 6.16 Å². The first-order valence-corrected chi connectivity index (χ1v) is 8.27. The molecule has 3 aromatic rings. The first-order valence-electron chi connectivity index (χ1n) is 8.27. The lowest BCUT2D eigenvalue weighted by Gasteiger charge is -2.12. The van der Waals surface area contributed by atoms with Crippen LogP contribution in [0.3, 0.4) is 0 Å². The average Bonchev–Trinajstić information content (AvgIpc) is 2.63. The highest BCUT2D eigenvalue weighted by atomic mass is 16.7. The Hall–Kier alpha value is -3.07. The van der Waals surface area contributed by atoms with Crippen molar-refractivity contribution in [3.05, 3.63) is 84.4 Å². The fourth-order valence-corrected chi connectivity index (χ4v) is 2.60. The lowest BCUT2D eigenvalue weighted by molar-refractivity contribution is 0.151. The molecule has 0 aliphatic rings. The molecule has 0 radical (unpaired) electrons. The third-order valence-corrected chi connectivity index (χ3v) is 3.90. The molecule has 0 amide bonds. The number of hydrogen-bond donors (Lipinski definition) is 0. The van der Waals surface area contributed by atoms with Gasteiger partial charge in [0.05, 0.1) is 0 Å². The SMILES string of the molecule is CC(C)c1ccccc1OC(=O)Oc1ccc(-c2ccccc2)cc1. The van der Waals surface area contributed by atoms with Crippen molar-refractivity contribution in [2.45, 2.75) is 19.8 Å². The molecule has 0 aromatic heterocycles. The Morgan fingerprint density at radius 2 is 1.32 bits per heavy atom. The maximum absolute atomic E-state index is 12.1. The Morgan fingerprint density at radius 1 is 0.720 bits per heavy atom. The van der Waals surface area contributed by atoms with E-state index in [1.54, 1.807) is 18.2 Å². The molecular weight excluding hydrogens is 312 g/mol. The van der Waals surface area contributed by atoms with Crippen LogP contribution in [-0.4, -0.2) is 6.16 Å². The van der Waals surface area contributed by atoms with Gasteiger partial charge in [-0.2, -0.15) is 0 Å². The minimum atomic E-state index is -0.736. The molecule has 0 bridgehead atoms. The number of ether oxygens (including phenoxy) is 2. The molecule has 0 aliphatic carbocycles. The molecule has 3 aromatic carbocycles. The molecular formula is C22H20O3. The van der Waals surface area contributed by atoms with Crippen LogP contribution >= 0.6 is 0 Å². The van der Waals surface area contributed by atoms with Crippen molar-refractivity contribution in [3.8, 4) is 22.6 Å². The number of carbonyl (C=O) groups excluding carboxylic acids is 1. The minimum absolute atomic E-state index is 0.258. The van der Waals surface area contributed by atoms with Crippen LogP contribution in [0.4, 0.5) is 4.79 Å². The largest absolute Gasteiger partial charge is 0.519 e. The molecule has 0 heterocycles. The zero-order valence-electron chi connectivity index (χ0n) is 14.3. The molecule has 0 saturated carbocycles. The summed E-state index contributed by atoms with van der Waals surface area (Å²) < 4.78 is 10.6. The lowest BCUT2D eigenvalue weighted by atomic mass is 10.0. The predicted molar refractivity (Wildman–Crippen MR) is 99.1 cm³/mol. The molecule has 126 valence electrons. The van der Waals surface area contributed by atoms with Gasteiger partial charge >= 0.3 is 6.16 Å². The molecule has 3 rings (SSSR count). The highest BCUT2D eigenvalue weighted by molar-refractivity contribution is 5.69. The predicted octanol–water partition coefficient (Wildman–Crippen LogP) is 6.05. The summed E-state index contributed by atoms with van der Waals surface area (Å²) in [6.07, 6.45) is -0.736. The van der Waals surface area contributed by atoms with E-state index in [0.29, 0.717) is 11.5 Å². The van der Waals surface area contributed by atoms with Gasteiger partial charge in [-0.1, -0.05) is 74.5 Å². The van der Waals surface area contributed by atoms with E-state index in [1.807, 2.05) is 60.7 Å². The topological polar surface area (TPSA) is 35.5 Å². The van der Waals surface area contributed by atoms with Crippen LogP contribution in [0.2, 0.25) is 0 Å². The van der Waals surface area contributed by atoms with Gasteiger partial charge in [-0.15, -0.1) is 0 Å². The van der Waals surface area contributed by atoms with Crippen molar-refractivity contribution in [1.82, 2.24) is 0 Å². The first kappa shape index (κ1) is 16.8. The number of carbonyl (C=O) groups is 1. The van der Waals surface area contributed by atoms with Crippen LogP contribution in [0.1, 0.15) is 25.3 Å². The fourth-order valence-electron chi connectivity index (χ4n) is 2.60. The lowest BCUT2D eigenvalue weighted by Crippen LogP contribution is -2.14. The summed E-state index contributed by atoms with van der Waals surface area (Å²) in [6.45, 7) is 4.10. The van der Waals surface area contributed by atoms with Crippen LogP contribution in [-0.2, 0) is 0 Å². The number of benzene rings is 3. The maximum Gasteiger partial charge on any atom is 0.519 e. The number of rotatable bonds is 4. The Bertz CT molecular complexity index is 837. The summed E-state index contributed by atoms with van der Waals surface area (Å²) in [5.41, 5.74) is 3.15. The van der Waals surface area contributed by atoms with Gasteiger partial charge < -0.3 is 9.47 Å². The summed E-state index contributed by atoms with van der Waals surface area (Å²) in [5.74, 6) is 1.24. The third-order valence-electron chi connectivity index (χ3n) is 3.90. The fraction of sp³-hybridized carbons (Fsp3) is 0.136. The second-order valence-electron chi connectivity index (χ2n) is 6.04. The van der Waals surface area contributed by atoms with Gasteiger partial charge in [0.25, 0.3) is 0 Å². The van der Waals surface area contributed by atoms with E-state index in [2.05, 4.69) is 13.8 Å². The Kier molecular flexibility index (Phi) is 5.14. The summed E-state index contributed by atoms with van der Waals surface area (Å²) in [6, 6.07) is 24.9. The Labute approximate surface area is 147 Å². The van der Waals surface area contributed by atoms with Crippen LogP contribution in [0, 0.1) is 0 Å². The van der Waals surface area contributed by atoms with Gasteiger partial charge in [-0.25, -0.2) is 4.79 Å². The zero-order valence-corrected chi connectivity index (χ0v) is 14.3. The van der Waals surface area contributed by atoms with Crippen LogP contribution in [0.25, 0.3) is 11.1 Å². The second-order valence-corrected chi connectivity index (χ2v) is 6.04. The molecule has 3 nitrogen and oxygen atoms in total. The Morgan fingerprint density at radius 3 is 2.00 bits per heavy atom. The van der Waals surface area contributed by atoms with E-state index in [9.17, 15) is 4.79 Å². The van der Waals surface area contributed by atoms with Crippen LogP contribution in [0.15, 0.2) is 78.9 Å². The van der Waals surface area contributed by atoms with E-state index in [4.69, 9.17) is 9.47 Å². The summed E-state index contributed by atoms with van der Waals surface area (Å²) >= 11 is 0. The van der Waals surface area contributed by atoms with Crippen LogP contribution < -0.4 is 9.47 Å². The first-order chi connectivity index (χ1) is 12.1. The molecule has 3 heteroatoms. The van der Waals surface area contributed by atoms with Gasteiger partial charge in [-0.3, -0.25) is 0 Å². The van der Waals surface area contributed by atoms with E-state index >= 15 is 0 Å². The molecule has 0 saturated heterocycles. The van der Waals surface area contributed by atoms with Crippen LogP contribution in [0.5, 0.6) is 11.5 Å². The smallest absolute Gasteiger partial charge is 0.395 e. The Balaban J connectivity index is 1.68. The highest BCUT2D eigenvalue weighted by Gasteiger charge is 2.13. The molecule has 0 atom stereocenters. The second kappa shape index (κ2) is 7.67. The average molecular weight is 332 g/mol. The normalized spacial score (nSPS) is 10.5. The molecule has 0 fully saturated rings. The summed E-state index contributed by atoms with van der Waals surface area (Å²) in [5, 5.41) is 0. The standard InChI is InChI=1S/C22H20O3/c1-16(2)20-10-6-7-11-21(20)25-22(23)24-19-14-12-18(13-15-19)17-8-4-3-5-9-17/h3-16H,1-2H3. The van der Waals surface area contributed by atoms with Gasteiger partial charge in [0.2, 0.25) is 0 Å². The number of hydrogen-bond acceptors (Lipinski definition) is 3. The van der Waals surface area contributed by atoms with Crippen molar-refractivity contribution < 1.29 is 14.3 Å². The van der Waals surface area contributed by atoms with Crippen molar-refractivity contribution in [1.29, 1.82) is 0 Å². The van der Waals surface area contributed by atoms with Gasteiger partial charge in [0.15, 0.2) is 0 Å². The van der Waals surface area contributed by atoms with Gasteiger partial charge in [0, 0.05) is 0 Å². The molecule has 0 aliphatic heterocycles. The monoisotopic (exact) mass is 332 g/mol. The van der Waals surface area contributed by atoms with E-state index < -0.39 is 6.16 Å². The quantitative estimate of drug-likeness (QED) is 0.430. The van der Waals surface area contributed by atoms with Crippen molar-refractivity contribution in [2.24, 2.45) is 0 Å². The van der Waals surface area contributed by atoms with E-state index in [1.165, 1.54) is 0 Å². The maximum atomic E-state index is 12.1. The third kappa shape index (κ3) is 4.27. The summed E-state index contributed by atoms with van der Waals surface area (Å²) in [7, 11) is 0. The van der Waals surface area contributed by atoms with Crippen molar-refractivity contribution in [3.63, 3.8) is 0 Å². The van der Waals surface area contributed by atoms with Gasteiger partial charge in [-0.05, 0) is 40.8 Å². The number of para-hydroxylation sites is 1. The van der Waals surface area contributed by atoms with Gasteiger partial charge in [0.1, 0.15) is 11.5 Å². The summed E-state index contributed by atoms with van der Waals surface area (Å²) in [4.78, 5) is 12.1. The van der Waals surface area contributed by atoms with E-state index in [-0.39, 0.29) is 5.92 Å². The molecule has 0 N–H and O–H groups in total. The minimum Gasteiger partial charge on any atom is -0.395 e. The molecule has 25 heavy (non-hydrogen) atoms. The highest BCUT2D eigenvalue weighted by Crippen LogP contribution is 2.27. The zero-order chi connectivity index (χ0) is 17.6. The molecule has 0 unspecified atom stereocenters. The van der Waals surface area contributed by atoms with E-state index in [0.717, 1.165) is 16.7 Å². The van der Waals surface area contributed by atoms with Crippen molar-refractivity contribution in [2.75, 3.05) is 0 Å².